The molecule has 0 aliphatic heterocycles. The van der Waals surface area contributed by atoms with Crippen LogP contribution < -0.4 is 0 Å². The molecule has 0 spiro atoms. The second kappa shape index (κ2) is 5.35. The fourth-order valence-corrected chi connectivity index (χ4v) is 1.60. The van der Waals surface area contributed by atoms with Gasteiger partial charge in [-0.05, 0) is 17.9 Å². The molecule has 80 valence electrons. The van der Waals surface area contributed by atoms with E-state index < -0.39 is 11.9 Å². The van der Waals surface area contributed by atoms with Crippen LogP contribution in [0.4, 0.5) is 0 Å². The predicted octanol–water partition coefficient (Wildman–Crippen LogP) is 3.07. The van der Waals surface area contributed by atoms with Gasteiger partial charge in [-0.2, -0.15) is 0 Å². The molecule has 2 nitrogen and oxygen atoms in total. The number of carboxylic acids is 1. The van der Waals surface area contributed by atoms with Gasteiger partial charge in [0.1, 0.15) is 0 Å². The molecule has 0 radical (unpaired) electrons. The summed E-state index contributed by atoms with van der Waals surface area (Å²) in [6, 6.07) is 9.93. The smallest absolute Gasteiger partial charge is 0.310 e. The lowest BCUT2D eigenvalue weighted by molar-refractivity contribution is -0.140. The Bertz CT molecular complexity index is 330. The Morgan fingerprint density at radius 1 is 1.47 bits per heavy atom. The van der Waals surface area contributed by atoms with E-state index in [4.69, 9.17) is 5.11 Å². The Balaban J connectivity index is 2.66. The Kier molecular flexibility index (Phi) is 4.10. The third-order valence-corrected chi connectivity index (χ3v) is 2.58. The highest BCUT2D eigenvalue weighted by atomic mass is 16.4. The Morgan fingerprint density at radius 2 is 2.07 bits per heavy atom. The van der Waals surface area contributed by atoms with Crippen LogP contribution in [0.3, 0.4) is 0 Å². The van der Waals surface area contributed by atoms with Gasteiger partial charge in [0, 0.05) is 0 Å². The third-order valence-electron chi connectivity index (χ3n) is 2.58. The van der Waals surface area contributed by atoms with Gasteiger partial charge < -0.3 is 5.11 Å². The molecule has 0 aromatic heterocycles. The molecule has 2 heteroatoms. The van der Waals surface area contributed by atoms with Crippen molar-refractivity contribution in [2.24, 2.45) is 5.92 Å². The molecule has 0 saturated carbocycles. The minimum absolute atomic E-state index is 0.241. The van der Waals surface area contributed by atoms with Crippen LogP contribution in [-0.4, -0.2) is 11.1 Å². The topological polar surface area (TPSA) is 37.3 Å². The average molecular weight is 204 g/mol. The maximum atomic E-state index is 10.8. The fourth-order valence-electron chi connectivity index (χ4n) is 1.60. The van der Waals surface area contributed by atoms with Crippen molar-refractivity contribution in [3.63, 3.8) is 0 Å². The molecule has 1 N–H and O–H groups in total. The van der Waals surface area contributed by atoms with Crippen molar-refractivity contribution < 1.29 is 9.90 Å². The lowest BCUT2D eigenvalue weighted by Gasteiger charge is -2.14. The first-order valence-corrected chi connectivity index (χ1v) is 5.05. The van der Waals surface area contributed by atoms with Crippen LogP contribution in [0.1, 0.15) is 24.8 Å². The molecule has 1 unspecified atom stereocenters. The van der Waals surface area contributed by atoms with Gasteiger partial charge in [0.05, 0.1) is 5.92 Å². The van der Waals surface area contributed by atoms with Crippen LogP contribution >= 0.6 is 0 Å². The molecule has 0 aliphatic carbocycles. The molecular weight excluding hydrogens is 188 g/mol. The Labute approximate surface area is 90.3 Å². The van der Waals surface area contributed by atoms with E-state index >= 15 is 0 Å². The summed E-state index contributed by atoms with van der Waals surface area (Å²) in [5, 5.41) is 8.90. The van der Waals surface area contributed by atoms with E-state index in [1.807, 2.05) is 37.3 Å². The quantitative estimate of drug-likeness (QED) is 0.748. The minimum Gasteiger partial charge on any atom is -0.481 e. The summed E-state index contributed by atoms with van der Waals surface area (Å²) < 4.78 is 0. The molecule has 15 heavy (non-hydrogen) atoms. The van der Waals surface area contributed by atoms with Gasteiger partial charge >= 0.3 is 5.97 Å². The second-order valence-corrected chi connectivity index (χ2v) is 3.73. The van der Waals surface area contributed by atoms with Gasteiger partial charge in [-0.25, -0.2) is 0 Å². The first-order valence-electron chi connectivity index (χ1n) is 5.05. The lowest BCUT2D eigenvalue weighted by Crippen LogP contribution is -2.13. The van der Waals surface area contributed by atoms with Crippen LogP contribution in [-0.2, 0) is 4.79 Å². The predicted molar refractivity (Wildman–Crippen MR) is 60.8 cm³/mol. The highest BCUT2D eigenvalue weighted by Gasteiger charge is 2.17. The molecule has 0 fully saturated rings. The van der Waals surface area contributed by atoms with Crippen molar-refractivity contribution >= 4 is 5.97 Å². The van der Waals surface area contributed by atoms with Crippen LogP contribution in [0.5, 0.6) is 0 Å². The maximum absolute atomic E-state index is 10.8. The molecule has 0 aliphatic rings. The summed E-state index contributed by atoms with van der Waals surface area (Å²) in [6.45, 7) is 5.58. The molecule has 1 aromatic rings. The van der Waals surface area contributed by atoms with Crippen LogP contribution in [0, 0.1) is 5.92 Å². The van der Waals surface area contributed by atoms with Gasteiger partial charge in [0.15, 0.2) is 0 Å². The molecule has 0 heterocycles. The molecule has 1 aromatic carbocycles. The number of carbonyl (C=O) groups is 1. The van der Waals surface area contributed by atoms with Crippen molar-refractivity contribution in [2.75, 3.05) is 0 Å². The Hall–Kier alpha value is -1.57. The number of hydrogen-bond acceptors (Lipinski definition) is 1. The summed E-state index contributed by atoms with van der Waals surface area (Å²) in [4.78, 5) is 10.8. The number of aliphatic carboxylic acids is 1. The number of carboxylic acid groups (broad SMARTS) is 1. The Morgan fingerprint density at radius 3 is 2.53 bits per heavy atom. The zero-order valence-corrected chi connectivity index (χ0v) is 8.89. The van der Waals surface area contributed by atoms with Gasteiger partial charge in [0.2, 0.25) is 0 Å². The highest BCUT2D eigenvalue weighted by molar-refractivity contribution is 5.72. The maximum Gasteiger partial charge on any atom is 0.310 e. The zero-order valence-electron chi connectivity index (χ0n) is 8.89. The monoisotopic (exact) mass is 204 g/mol. The van der Waals surface area contributed by atoms with Gasteiger partial charge in [-0.3, -0.25) is 4.79 Å². The van der Waals surface area contributed by atoms with E-state index in [-0.39, 0.29) is 5.92 Å². The summed E-state index contributed by atoms with van der Waals surface area (Å²) in [6.07, 6.45) is 2.10. The second-order valence-electron chi connectivity index (χ2n) is 3.73. The normalized spacial score (nSPS) is 14.2. The molecular formula is C13H16O2. The van der Waals surface area contributed by atoms with E-state index in [0.29, 0.717) is 6.42 Å². The molecule has 0 bridgehead atoms. The van der Waals surface area contributed by atoms with Gasteiger partial charge in [0.25, 0.3) is 0 Å². The standard InChI is InChI=1S/C13H16O2/c1-3-11(13(14)15)9-10(2)12-7-5-4-6-8-12/h3-8,10-11H,1,9H2,2H3,(H,14,15)/t10?,11-/m0/s1. The molecule has 1 rings (SSSR count). The van der Waals surface area contributed by atoms with Crippen molar-refractivity contribution in [3.8, 4) is 0 Å². The minimum atomic E-state index is -0.798. The first-order chi connectivity index (χ1) is 7.15. The number of benzene rings is 1. The largest absolute Gasteiger partial charge is 0.481 e. The van der Waals surface area contributed by atoms with E-state index in [0.717, 1.165) is 0 Å². The van der Waals surface area contributed by atoms with Crippen molar-refractivity contribution in [2.45, 2.75) is 19.3 Å². The van der Waals surface area contributed by atoms with Gasteiger partial charge in [-0.15, -0.1) is 6.58 Å². The summed E-state index contributed by atoms with van der Waals surface area (Å²) >= 11 is 0. The average Bonchev–Trinajstić information content (AvgIpc) is 2.26. The molecule has 2 atom stereocenters. The summed E-state index contributed by atoms with van der Waals surface area (Å²) in [7, 11) is 0. The summed E-state index contributed by atoms with van der Waals surface area (Å²) in [5.74, 6) is -1.02. The fraction of sp³-hybridized carbons (Fsp3) is 0.308. The van der Waals surface area contributed by atoms with Crippen LogP contribution in [0.15, 0.2) is 43.0 Å². The SMILES string of the molecule is C=C[C@@H](CC(C)c1ccccc1)C(=O)O. The number of rotatable bonds is 5. The third kappa shape index (κ3) is 3.24. The highest BCUT2D eigenvalue weighted by Crippen LogP contribution is 2.23. The van der Waals surface area contributed by atoms with E-state index in [1.54, 1.807) is 0 Å². The van der Waals surface area contributed by atoms with Gasteiger partial charge in [-0.1, -0.05) is 43.3 Å². The first kappa shape index (κ1) is 11.5. The summed E-state index contributed by atoms with van der Waals surface area (Å²) in [5.41, 5.74) is 1.17. The van der Waals surface area contributed by atoms with Crippen LogP contribution in [0.2, 0.25) is 0 Å². The zero-order chi connectivity index (χ0) is 11.3. The lowest BCUT2D eigenvalue weighted by atomic mass is 9.90. The van der Waals surface area contributed by atoms with Crippen LogP contribution in [0.25, 0.3) is 0 Å². The van der Waals surface area contributed by atoms with Crippen molar-refractivity contribution in [3.05, 3.63) is 48.6 Å². The molecule has 0 saturated heterocycles. The van der Waals surface area contributed by atoms with E-state index in [2.05, 4.69) is 6.58 Å². The molecule has 0 amide bonds. The van der Waals surface area contributed by atoms with E-state index in [1.165, 1.54) is 11.6 Å². The van der Waals surface area contributed by atoms with Crippen molar-refractivity contribution in [1.29, 1.82) is 0 Å². The van der Waals surface area contributed by atoms with Crippen molar-refractivity contribution in [1.82, 2.24) is 0 Å². The van der Waals surface area contributed by atoms with E-state index in [9.17, 15) is 4.79 Å². The number of hydrogen-bond donors (Lipinski definition) is 1.